The molecule has 2 heterocycles. The van der Waals surface area contributed by atoms with Gasteiger partial charge in [-0.15, -0.1) is 0 Å². The van der Waals surface area contributed by atoms with Gasteiger partial charge in [-0.2, -0.15) is 0 Å². The second-order valence-electron chi connectivity index (χ2n) is 4.82. The average molecular weight is 255 g/mol. The minimum Gasteiger partial charge on any atom is -0.367 e. The van der Waals surface area contributed by atoms with Crippen molar-refractivity contribution in [2.24, 2.45) is 0 Å². The summed E-state index contributed by atoms with van der Waals surface area (Å²) in [6.45, 7) is 2.63. The fourth-order valence-corrected chi connectivity index (χ4v) is 1.86. The van der Waals surface area contributed by atoms with E-state index in [1.807, 2.05) is 31.3 Å². The van der Waals surface area contributed by atoms with Crippen LogP contribution in [0.5, 0.6) is 0 Å². The lowest BCUT2D eigenvalue weighted by molar-refractivity contribution is 1.00. The lowest BCUT2D eigenvalue weighted by atomic mass is 10.3. The number of rotatable bonds is 5. The van der Waals surface area contributed by atoms with Gasteiger partial charge >= 0.3 is 0 Å². The zero-order chi connectivity index (χ0) is 13.1. The van der Waals surface area contributed by atoms with Gasteiger partial charge in [0.05, 0.1) is 0 Å². The molecule has 2 N–H and O–H groups in total. The SMILES string of the molecule is Cc1nc(NCc2cccnc2)cc(NC2CC2)n1. The molecular formula is C14H17N5. The van der Waals surface area contributed by atoms with Crippen molar-refractivity contribution in [1.82, 2.24) is 15.0 Å². The molecule has 0 amide bonds. The second kappa shape index (κ2) is 5.22. The molecule has 19 heavy (non-hydrogen) atoms. The summed E-state index contributed by atoms with van der Waals surface area (Å²) in [4.78, 5) is 12.9. The molecule has 0 spiro atoms. The summed E-state index contributed by atoms with van der Waals surface area (Å²) in [6, 6.07) is 6.53. The maximum absolute atomic E-state index is 4.39. The summed E-state index contributed by atoms with van der Waals surface area (Å²) < 4.78 is 0. The van der Waals surface area contributed by atoms with E-state index in [1.54, 1.807) is 6.20 Å². The van der Waals surface area contributed by atoms with Crippen molar-refractivity contribution in [2.75, 3.05) is 10.6 Å². The molecule has 1 aliphatic rings. The first-order chi connectivity index (χ1) is 9.29. The summed E-state index contributed by atoms with van der Waals surface area (Å²) in [5.74, 6) is 2.53. The van der Waals surface area contributed by atoms with Crippen molar-refractivity contribution in [1.29, 1.82) is 0 Å². The van der Waals surface area contributed by atoms with Crippen molar-refractivity contribution in [3.05, 3.63) is 42.0 Å². The first kappa shape index (κ1) is 11.9. The number of hydrogen-bond donors (Lipinski definition) is 2. The quantitative estimate of drug-likeness (QED) is 0.858. The van der Waals surface area contributed by atoms with E-state index in [4.69, 9.17) is 0 Å². The summed E-state index contributed by atoms with van der Waals surface area (Å²) >= 11 is 0. The molecule has 0 aliphatic heterocycles. The highest BCUT2D eigenvalue weighted by atomic mass is 15.1. The van der Waals surface area contributed by atoms with Crippen LogP contribution in [-0.2, 0) is 6.54 Å². The molecule has 2 aromatic heterocycles. The van der Waals surface area contributed by atoms with Gasteiger partial charge in [-0.05, 0) is 31.4 Å². The lowest BCUT2D eigenvalue weighted by Gasteiger charge is -2.09. The molecule has 0 radical (unpaired) electrons. The van der Waals surface area contributed by atoms with Crippen molar-refractivity contribution < 1.29 is 0 Å². The Balaban J connectivity index is 1.67. The third kappa shape index (κ3) is 3.40. The fourth-order valence-electron chi connectivity index (χ4n) is 1.86. The van der Waals surface area contributed by atoms with Crippen LogP contribution in [0.4, 0.5) is 11.6 Å². The van der Waals surface area contributed by atoms with E-state index in [2.05, 4.69) is 25.6 Å². The Bertz CT molecular complexity index is 551. The smallest absolute Gasteiger partial charge is 0.132 e. The van der Waals surface area contributed by atoms with E-state index in [0.29, 0.717) is 12.6 Å². The van der Waals surface area contributed by atoms with E-state index in [0.717, 1.165) is 23.0 Å². The van der Waals surface area contributed by atoms with Crippen LogP contribution in [-0.4, -0.2) is 21.0 Å². The van der Waals surface area contributed by atoms with Crippen LogP contribution < -0.4 is 10.6 Å². The minimum absolute atomic E-state index is 0.598. The van der Waals surface area contributed by atoms with Gasteiger partial charge in [0.25, 0.3) is 0 Å². The zero-order valence-corrected chi connectivity index (χ0v) is 10.9. The van der Waals surface area contributed by atoms with Crippen LogP contribution in [0.1, 0.15) is 24.2 Å². The third-order valence-corrected chi connectivity index (χ3v) is 2.96. The van der Waals surface area contributed by atoms with Gasteiger partial charge in [0.1, 0.15) is 17.5 Å². The van der Waals surface area contributed by atoms with Crippen LogP contribution >= 0.6 is 0 Å². The van der Waals surface area contributed by atoms with Crippen LogP contribution in [0.2, 0.25) is 0 Å². The van der Waals surface area contributed by atoms with Gasteiger partial charge in [0.15, 0.2) is 0 Å². The Kier molecular flexibility index (Phi) is 3.27. The number of hydrogen-bond acceptors (Lipinski definition) is 5. The summed E-state index contributed by atoms with van der Waals surface area (Å²) in [5.41, 5.74) is 1.13. The fraction of sp³-hybridized carbons (Fsp3) is 0.357. The van der Waals surface area contributed by atoms with E-state index < -0.39 is 0 Å². The van der Waals surface area contributed by atoms with E-state index in [1.165, 1.54) is 12.8 Å². The first-order valence-corrected chi connectivity index (χ1v) is 6.54. The maximum atomic E-state index is 4.39. The summed E-state index contributed by atoms with van der Waals surface area (Å²) in [5, 5.41) is 6.70. The molecule has 0 saturated heterocycles. The van der Waals surface area contributed by atoms with E-state index >= 15 is 0 Å². The summed E-state index contributed by atoms with van der Waals surface area (Å²) in [7, 11) is 0. The third-order valence-electron chi connectivity index (χ3n) is 2.96. The molecule has 1 fully saturated rings. The highest BCUT2D eigenvalue weighted by Crippen LogP contribution is 2.24. The topological polar surface area (TPSA) is 62.7 Å². The van der Waals surface area contributed by atoms with Crippen LogP contribution in [0.25, 0.3) is 0 Å². The Morgan fingerprint density at radius 2 is 2.11 bits per heavy atom. The molecule has 0 unspecified atom stereocenters. The highest BCUT2D eigenvalue weighted by molar-refractivity contribution is 5.48. The molecule has 0 bridgehead atoms. The molecular weight excluding hydrogens is 238 g/mol. The molecule has 0 atom stereocenters. The minimum atomic E-state index is 0.598. The molecule has 2 aromatic rings. The van der Waals surface area contributed by atoms with Gasteiger partial charge in [-0.3, -0.25) is 4.98 Å². The number of aryl methyl sites for hydroxylation is 1. The molecule has 1 saturated carbocycles. The average Bonchev–Trinajstić information content (AvgIpc) is 3.21. The number of anilines is 2. The van der Waals surface area contributed by atoms with E-state index in [-0.39, 0.29) is 0 Å². The molecule has 5 nitrogen and oxygen atoms in total. The number of pyridine rings is 1. The van der Waals surface area contributed by atoms with Crippen molar-refractivity contribution in [2.45, 2.75) is 32.4 Å². The Morgan fingerprint density at radius 3 is 2.84 bits per heavy atom. The van der Waals surface area contributed by atoms with E-state index in [9.17, 15) is 0 Å². The maximum Gasteiger partial charge on any atom is 0.132 e. The molecule has 5 heteroatoms. The first-order valence-electron chi connectivity index (χ1n) is 6.54. The normalized spacial score (nSPS) is 14.2. The van der Waals surface area contributed by atoms with Crippen molar-refractivity contribution in [3.8, 4) is 0 Å². The molecule has 1 aliphatic carbocycles. The monoisotopic (exact) mass is 255 g/mol. The predicted molar refractivity (Wildman–Crippen MR) is 75.0 cm³/mol. The van der Waals surface area contributed by atoms with Gasteiger partial charge < -0.3 is 10.6 Å². The van der Waals surface area contributed by atoms with Crippen molar-refractivity contribution in [3.63, 3.8) is 0 Å². The molecule has 0 aromatic carbocycles. The standard InChI is InChI=1S/C14H17N5/c1-10-17-13(7-14(18-10)19-12-4-5-12)16-9-11-3-2-6-15-8-11/h2-3,6-8,12H,4-5,9H2,1H3,(H2,16,17,18,19). The van der Waals surface area contributed by atoms with Gasteiger partial charge in [-0.1, -0.05) is 6.07 Å². The number of aromatic nitrogens is 3. The van der Waals surface area contributed by atoms with Gasteiger partial charge in [0, 0.05) is 31.0 Å². The molecule has 98 valence electrons. The highest BCUT2D eigenvalue weighted by Gasteiger charge is 2.21. The van der Waals surface area contributed by atoms with Gasteiger partial charge in [0.2, 0.25) is 0 Å². The second-order valence-corrected chi connectivity index (χ2v) is 4.82. The largest absolute Gasteiger partial charge is 0.367 e. The van der Waals surface area contributed by atoms with Crippen molar-refractivity contribution >= 4 is 11.6 Å². The number of nitrogens with one attached hydrogen (secondary N) is 2. The molecule has 3 rings (SSSR count). The van der Waals surface area contributed by atoms with Gasteiger partial charge in [-0.25, -0.2) is 9.97 Å². The zero-order valence-electron chi connectivity index (χ0n) is 10.9. The van der Waals surface area contributed by atoms with Crippen LogP contribution in [0, 0.1) is 6.92 Å². The number of nitrogens with zero attached hydrogens (tertiary/aromatic N) is 3. The predicted octanol–water partition coefficient (Wildman–Crippen LogP) is 2.37. The Morgan fingerprint density at radius 1 is 1.26 bits per heavy atom. The van der Waals surface area contributed by atoms with Crippen LogP contribution in [0.3, 0.4) is 0 Å². The Hall–Kier alpha value is -2.17. The van der Waals surface area contributed by atoms with Crippen LogP contribution in [0.15, 0.2) is 30.6 Å². The summed E-state index contributed by atoms with van der Waals surface area (Å²) in [6.07, 6.45) is 6.10. The lowest BCUT2D eigenvalue weighted by Crippen LogP contribution is -2.08. The Labute approximate surface area is 112 Å².